The van der Waals surface area contributed by atoms with Gasteiger partial charge in [-0.15, -0.1) is 0 Å². The minimum atomic E-state index is -0.377. The van der Waals surface area contributed by atoms with Crippen molar-refractivity contribution in [1.29, 1.82) is 0 Å². The molecule has 0 saturated heterocycles. The third-order valence-corrected chi connectivity index (χ3v) is 3.11. The van der Waals surface area contributed by atoms with E-state index in [2.05, 4.69) is 10.4 Å². The maximum absolute atomic E-state index is 12.1. The van der Waals surface area contributed by atoms with Crippen molar-refractivity contribution < 1.29 is 14.3 Å². The van der Waals surface area contributed by atoms with Crippen LogP contribution in [0.3, 0.4) is 0 Å². The first-order valence-corrected chi connectivity index (χ1v) is 6.44. The normalized spacial score (nSPS) is 14.7. The second-order valence-electron chi connectivity index (χ2n) is 4.51. The van der Waals surface area contributed by atoms with Crippen molar-refractivity contribution in [3.05, 3.63) is 36.7 Å². The summed E-state index contributed by atoms with van der Waals surface area (Å²) in [7, 11) is 0. The van der Waals surface area contributed by atoms with Crippen molar-refractivity contribution in [2.24, 2.45) is 0 Å². The SMILES string of the molecule is CC(C(=O)Nc1ccc2c(c1)OCCO2)n1cccn1. The molecule has 1 atom stereocenters. The quantitative estimate of drug-likeness (QED) is 0.927. The molecule has 0 spiro atoms. The number of nitrogens with zero attached hydrogens (tertiary/aromatic N) is 2. The molecule has 1 unspecified atom stereocenters. The minimum Gasteiger partial charge on any atom is -0.486 e. The highest BCUT2D eigenvalue weighted by molar-refractivity contribution is 5.93. The lowest BCUT2D eigenvalue weighted by Gasteiger charge is -2.19. The van der Waals surface area contributed by atoms with Gasteiger partial charge in [0.15, 0.2) is 11.5 Å². The van der Waals surface area contributed by atoms with E-state index in [4.69, 9.17) is 9.47 Å². The van der Waals surface area contributed by atoms with E-state index >= 15 is 0 Å². The van der Waals surface area contributed by atoms with Crippen LogP contribution in [-0.4, -0.2) is 28.9 Å². The smallest absolute Gasteiger partial charge is 0.248 e. The molecule has 2 heterocycles. The molecule has 1 aromatic carbocycles. The summed E-state index contributed by atoms with van der Waals surface area (Å²) in [6, 6.07) is 6.76. The van der Waals surface area contributed by atoms with Crippen LogP contribution in [0.2, 0.25) is 0 Å². The lowest BCUT2D eigenvalue weighted by molar-refractivity contribution is -0.119. The molecule has 1 aromatic heterocycles. The van der Waals surface area contributed by atoms with Crippen LogP contribution in [0, 0.1) is 0 Å². The standard InChI is InChI=1S/C14H15N3O3/c1-10(17-6-2-5-15-17)14(18)16-11-3-4-12-13(9-11)20-8-7-19-12/h2-6,9-10H,7-8H2,1H3,(H,16,18). The largest absolute Gasteiger partial charge is 0.486 e. The number of carbonyl (C=O) groups is 1. The second-order valence-corrected chi connectivity index (χ2v) is 4.51. The summed E-state index contributed by atoms with van der Waals surface area (Å²) in [6.07, 6.45) is 3.40. The van der Waals surface area contributed by atoms with Gasteiger partial charge in [0.25, 0.3) is 0 Å². The van der Waals surface area contributed by atoms with E-state index in [1.807, 2.05) is 0 Å². The Hall–Kier alpha value is -2.50. The predicted octanol–water partition coefficient (Wildman–Crippen LogP) is 1.85. The maximum atomic E-state index is 12.1. The summed E-state index contributed by atoms with van der Waals surface area (Å²) in [5, 5.41) is 6.90. The lowest BCUT2D eigenvalue weighted by atomic mass is 10.2. The van der Waals surface area contributed by atoms with Crippen molar-refractivity contribution in [2.75, 3.05) is 18.5 Å². The fourth-order valence-corrected chi connectivity index (χ4v) is 2.00. The average Bonchev–Trinajstić information content (AvgIpc) is 3.00. The van der Waals surface area contributed by atoms with Crippen LogP contribution in [-0.2, 0) is 4.79 Å². The Morgan fingerprint density at radius 3 is 2.90 bits per heavy atom. The van der Waals surface area contributed by atoms with Gasteiger partial charge in [0.1, 0.15) is 19.3 Å². The maximum Gasteiger partial charge on any atom is 0.248 e. The number of benzene rings is 1. The Morgan fingerprint density at radius 1 is 1.35 bits per heavy atom. The van der Waals surface area contributed by atoms with E-state index in [0.29, 0.717) is 30.4 Å². The number of nitrogens with one attached hydrogen (secondary N) is 1. The van der Waals surface area contributed by atoms with Crippen LogP contribution in [0.4, 0.5) is 5.69 Å². The molecule has 2 aromatic rings. The van der Waals surface area contributed by atoms with Crippen LogP contribution >= 0.6 is 0 Å². The number of ether oxygens (including phenoxy) is 2. The molecule has 6 nitrogen and oxygen atoms in total. The molecule has 1 aliphatic rings. The van der Waals surface area contributed by atoms with Gasteiger partial charge in [0.05, 0.1) is 0 Å². The Kier molecular flexibility index (Phi) is 3.28. The molecule has 1 aliphatic heterocycles. The number of amides is 1. The van der Waals surface area contributed by atoms with Gasteiger partial charge in [-0.2, -0.15) is 5.10 Å². The molecule has 3 rings (SSSR count). The van der Waals surface area contributed by atoms with Crippen molar-refractivity contribution >= 4 is 11.6 Å². The zero-order chi connectivity index (χ0) is 13.9. The van der Waals surface area contributed by atoms with Gasteiger partial charge in [0, 0.05) is 24.1 Å². The highest BCUT2D eigenvalue weighted by atomic mass is 16.6. The zero-order valence-electron chi connectivity index (χ0n) is 11.1. The molecular formula is C14H15N3O3. The molecular weight excluding hydrogens is 258 g/mol. The van der Waals surface area contributed by atoms with Gasteiger partial charge in [-0.05, 0) is 25.1 Å². The summed E-state index contributed by atoms with van der Waals surface area (Å²) in [4.78, 5) is 12.1. The van der Waals surface area contributed by atoms with E-state index in [0.717, 1.165) is 0 Å². The molecule has 6 heteroatoms. The summed E-state index contributed by atoms with van der Waals surface area (Å²) in [5.41, 5.74) is 0.679. The predicted molar refractivity (Wildman–Crippen MR) is 73.0 cm³/mol. The van der Waals surface area contributed by atoms with E-state index in [1.165, 1.54) is 0 Å². The monoisotopic (exact) mass is 273 g/mol. The van der Waals surface area contributed by atoms with Gasteiger partial charge >= 0.3 is 0 Å². The number of rotatable bonds is 3. The van der Waals surface area contributed by atoms with Crippen LogP contribution in [0.25, 0.3) is 0 Å². The Morgan fingerprint density at radius 2 is 2.15 bits per heavy atom. The number of anilines is 1. The van der Waals surface area contributed by atoms with Gasteiger partial charge < -0.3 is 14.8 Å². The third-order valence-electron chi connectivity index (χ3n) is 3.11. The molecule has 1 amide bonds. The number of hydrogen-bond acceptors (Lipinski definition) is 4. The van der Waals surface area contributed by atoms with Gasteiger partial charge in [-0.3, -0.25) is 9.48 Å². The van der Waals surface area contributed by atoms with Gasteiger partial charge in [-0.25, -0.2) is 0 Å². The molecule has 0 saturated carbocycles. The minimum absolute atomic E-state index is 0.134. The fourth-order valence-electron chi connectivity index (χ4n) is 2.00. The first-order chi connectivity index (χ1) is 9.74. The highest BCUT2D eigenvalue weighted by Crippen LogP contribution is 2.32. The molecule has 20 heavy (non-hydrogen) atoms. The fraction of sp³-hybridized carbons (Fsp3) is 0.286. The Labute approximate surface area is 116 Å². The average molecular weight is 273 g/mol. The first-order valence-electron chi connectivity index (χ1n) is 6.44. The molecule has 104 valence electrons. The summed E-state index contributed by atoms with van der Waals surface area (Å²) in [5.74, 6) is 1.22. The zero-order valence-corrected chi connectivity index (χ0v) is 11.1. The van der Waals surface area contributed by atoms with Crippen molar-refractivity contribution in [3.8, 4) is 11.5 Å². The molecule has 0 bridgehead atoms. The Balaban J connectivity index is 1.73. The third kappa shape index (κ3) is 2.45. The summed E-state index contributed by atoms with van der Waals surface area (Å²) in [6.45, 7) is 2.86. The van der Waals surface area contributed by atoms with Gasteiger partial charge in [-0.1, -0.05) is 0 Å². The lowest BCUT2D eigenvalue weighted by Crippen LogP contribution is -2.24. The molecule has 0 radical (unpaired) electrons. The Bertz CT molecular complexity index is 610. The van der Waals surface area contributed by atoms with Crippen LogP contribution in [0.15, 0.2) is 36.7 Å². The van der Waals surface area contributed by atoms with Crippen LogP contribution < -0.4 is 14.8 Å². The van der Waals surface area contributed by atoms with Crippen molar-refractivity contribution in [2.45, 2.75) is 13.0 Å². The first kappa shape index (κ1) is 12.5. The van der Waals surface area contributed by atoms with E-state index in [1.54, 1.807) is 48.3 Å². The number of hydrogen-bond donors (Lipinski definition) is 1. The van der Waals surface area contributed by atoms with Crippen LogP contribution in [0.1, 0.15) is 13.0 Å². The van der Waals surface area contributed by atoms with Crippen molar-refractivity contribution in [3.63, 3.8) is 0 Å². The van der Waals surface area contributed by atoms with Gasteiger partial charge in [0.2, 0.25) is 5.91 Å². The second kappa shape index (κ2) is 5.24. The van der Waals surface area contributed by atoms with E-state index in [9.17, 15) is 4.79 Å². The summed E-state index contributed by atoms with van der Waals surface area (Å²) < 4.78 is 12.5. The number of aromatic nitrogens is 2. The topological polar surface area (TPSA) is 65.4 Å². The molecule has 0 aliphatic carbocycles. The van der Waals surface area contributed by atoms with Crippen molar-refractivity contribution in [1.82, 2.24) is 9.78 Å². The number of carbonyl (C=O) groups excluding carboxylic acids is 1. The molecule has 1 N–H and O–H groups in total. The number of fused-ring (bicyclic) bond motifs is 1. The van der Waals surface area contributed by atoms with Crippen LogP contribution in [0.5, 0.6) is 11.5 Å². The highest BCUT2D eigenvalue weighted by Gasteiger charge is 2.17. The summed E-state index contributed by atoms with van der Waals surface area (Å²) >= 11 is 0. The van der Waals surface area contributed by atoms with E-state index in [-0.39, 0.29) is 11.9 Å². The molecule has 0 fully saturated rings. The van der Waals surface area contributed by atoms with E-state index < -0.39 is 0 Å².